The van der Waals surface area contributed by atoms with Gasteiger partial charge in [0.1, 0.15) is 5.75 Å². The molecule has 0 saturated carbocycles. The molecule has 2 N–H and O–H groups in total. The molecule has 0 unspecified atom stereocenters. The summed E-state index contributed by atoms with van der Waals surface area (Å²) in [6.07, 6.45) is -0.0172. The van der Waals surface area contributed by atoms with Gasteiger partial charge in [-0.25, -0.2) is 0 Å². The fraction of sp³-hybridized carbons (Fsp3) is 0.265. The molecule has 0 aromatic heterocycles. The van der Waals surface area contributed by atoms with Crippen LogP contribution in [0.15, 0.2) is 102 Å². The number of carbonyl (C=O) groups is 1. The SMILES string of the molecule is COc1ccccc1SC[C@H]1C[C@@H](c2ccc(CO)cc2)O[C@@H](c2ccc(-c3ccccc3CNC(C)=O)cc2)O1. The third-order valence-corrected chi connectivity index (χ3v) is 8.33. The number of nitrogens with one attached hydrogen (secondary N) is 1. The second kappa shape index (κ2) is 13.8. The third kappa shape index (κ3) is 7.37. The van der Waals surface area contributed by atoms with Crippen LogP contribution < -0.4 is 10.1 Å². The zero-order valence-electron chi connectivity index (χ0n) is 23.3. The van der Waals surface area contributed by atoms with E-state index in [-0.39, 0.29) is 24.7 Å². The van der Waals surface area contributed by atoms with Crippen molar-refractivity contribution in [3.8, 4) is 16.9 Å². The Labute approximate surface area is 245 Å². The Balaban J connectivity index is 1.37. The average molecular weight is 570 g/mol. The largest absolute Gasteiger partial charge is 0.496 e. The van der Waals surface area contributed by atoms with Crippen molar-refractivity contribution in [1.82, 2.24) is 5.32 Å². The van der Waals surface area contributed by atoms with Gasteiger partial charge in [0, 0.05) is 36.1 Å². The lowest BCUT2D eigenvalue weighted by Crippen LogP contribution is -2.31. The monoisotopic (exact) mass is 569 g/mol. The normalized spacial score (nSPS) is 18.6. The van der Waals surface area contributed by atoms with Crippen LogP contribution in [0.4, 0.5) is 0 Å². The van der Waals surface area contributed by atoms with Gasteiger partial charge in [0.2, 0.25) is 5.91 Å². The van der Waals surface area contributed by atoms with Crippen LogP contribution in [0.5, 0.6) is 5.75 Å². The van der Waals surface area contributed by atoms with Crippen molar-refractivity contribution in [2.75, 3.05) is 12.9 Å². The standard InChI is InChI=1S/C34H35NO5S/c1-23(37)35-20-28-7-3-4-8-30(28)25-15-17-27(18-16-25)34-39-29(22-41-33-10-6-5-9-31(33)38-2)19-32(40-34)26-13-11-24(21-36)12-14-26/h3-18,29,32,34,36H,19-22H2,1-2H3,(H,35,37)/t29-,32+,34+/m1/s1. The van der Waals surface area contributed by atoms with Gasteiger partial charge >= 0.3 is 0 Å². The van der Waals surface area contributed by atoms with E-state index in [2.05, 4.69) is 41.7 Å². The van der Waals surface area contributed by atoms with Gasteiger partial charge in [-0.15, -0.1) is 11.8 Å². The van der Waals surface area contributed by atoms with Crippen LogP contribution in [0, 0.1) is 0 Å². The maximum absolute atomic E-state index is 11.5. The number of para-hydroxylation sites is 1. The maximum Gasteiger partial charge on any atom is 0.217 e. The van der Waals surface area contributed by atoms with Crippen LogP contribution in [-0.4, -0.2) is 30.0 Å². The predicted octanol–water partition coefficient (Wildman–Crippen LogP) is 6.83. The van der Waals surface area contributed by atoms with Crippen molar-refractivity contribution in [3.05, 3.63) is 119 Å². The van der Waals surface area contributed by atoms with Gasteiger partial charge in [-0.05, 0) is 39.9 Å². The van der Waals surface area contributed by atoms with E-state index >= 15 is 0 Å². The van der Waals surface area contributed by atoms with Gasteiger partial charge in [0.15, 0.2) is 6.29 Å². The number of benzene rings is 4. The van der Waals surface area contributed by atoms with Gasteiger partial charge in [0.05, 0.1) is 25.9 Å². The quantitative estimate of drug-likeness (QED) is 0.204. The summed E-state index contributed by atoms with van der Waals surface area (Å²) in [5.74, 6) is 1.55. The number of rotatable bonds is 10. The molecule has 1 fully saturated rings. The number of aliphatic hydroxyl groups excluding tert-OH is 1. The van der Waals surface area contributed by atoms with Crippen molar-refractivity contribution < 1.29 is 24.1 Å². The van der Waals surface area contributed by atoms with E-state index in [1.165, 1.54) is 6.92 Å². The molecular weight excluding hydrogens is 534 g/mol. The fourth-order valence-electron chi connectivity index (χ4n) is 4.94. The van der Waals surface area contributed by atoms with Crippen molar-refractivity contribution in [3.63, 3.8) is 0 Å². The first-order valence-electron chi connectivity index (χ1n) is 13.7. The molecule has 0 spiro atoms. The summed E-state index contributed by atoms with van der Waals surface area (Å²) < 4.78 is 18.6. The molecule has 1 aliphatic rings. The van der Waals surface area contributed by atoms with Crippen molar-refractivity contribution in [2.45, 2.75) is 49.9 Å². The van der Waals surface area contributed by atoms with E-state index < -0.39 is 6.29 Å². The minimum Gasteiger partial charge on any atom is -0.496 e. The highest BCUT2D eigenvalue weighted by molar-refractivity contribution is 7.99. The van der Waals surface area contributed by atoms with E-state index in [9.17, 15) is 9.90 Å². The van der Waals surface area contributed by atoms with Crippen molar-refractivity contribution >= 4 is 17.7 Å². The summed E-state index contributed by atoms with van der Waals surface area (Å²) in [4.78, 5) is 12.6. The number of amides is 1. The Morgan fingerprint density at radius 1 is 0.927 bits per heavy atom. The summed E-state index contributed by atoms with van der Waals surface area (Å²) in [6.45, 7) is 2.01. The first-order chi connectivity index (χ1) is 20.0. The molecule has 6 nitrogen and oxygen atoms in total. The summed E-state index contributed by atoms with van der Waals surface area (Å²) >= 11 is 1.72. The Morgan fingerprint density at radius 2 is 1.63 bits per heavy atom. The molecule has 212 valence electrons. The number of methoxy groups -OCH3 is 1. The molecule has 0 aliphatic carbocycles. The number of hydrogen-bond acceptors (Lipinski definition) is 6. The lowest BCUT2D eigenvalue weighted by molar-refractivity contribution is -0.245. The van der Waals surface area contributed by atoms with Gasteiger partial charge < -0.3 is 24.6 Å². The summed E-state index contributed by atoms with van der Waals surface area (Å²) in [5.41, 5.74) is 6.06. The minimum atomic E-state index is -0.529. The molecule has 3 atom stereocenters. The molecule has 1 saturated heterocycles. The average Bonchev–Trinajstić information content (AvgIpc) is 3.03. The molecule has 1 aliphatic heterocycles. The highest BCUT2D eigenvalue weighted by Gasteiger charge is 2.32. The van der Waals surface area contributed by atoms with Crippen LogP contribution >= 0.6 is 11.8 Å². The van der Waals surface area contributed by atoms with Crippen LogP contribution in [-0.2, 0) is 27.4 Å². The Hall–Kier alpha value is -3.62. The van der Waals surface area contributed by atoms with Crippen LogP contribution in [0.25, 0.3) is 11.1 Å². The molecule has 0 bridgehead atoms. The highest BCUT2D eigenvalue weighted by atomic mass is 32.2. The molecule has 7 heteroatoms. The van der Waals surface area contributed by atoms with E-state index in [0.717, 1.165) is 49.8 Å². The zero-order chi connectivity index (χ0) is 28.6. The lowest BCUT2D eigenvalue weighted by Gasteiger charge is -2.36. The van der Waals surface area contributed by atoms with Crippen molar-refractivity contribution in [2.24, 2.45) is 0 Å². The Bertz CT molecular complexity index is 1440. The molecule has 1 amide bonds. The third-order valence-electron chi connectivity index (χ3n) is 7.15. The highest BCUT2D eigenvalue weighted by Crippen LogP contribution is 2.41. The summed E-state index contributed by atoms with van der Waals surface area (Å²) in [7, 11) is 1.69. The van der Waals surface area contributed by atoms with Gasteiger partial charge in [-0.3, -0.25) is 4.79 Å². The lowest BCUT2D eigenvalue weighted by atomic mass is 9.98. The van der Waals surface area contributed by atoms with E-state index in [1.807, 2.05) is 60.7 Å². The van der Waals surface area contributed by atoms with Crippen molar-refractivity contribution in [1.29, 1.82) is 0 Å². The van der Waals surface area contributed by atoms with E-state index in [4.69, 9.17) is 14.2 Å². The molecule has 41 heavy (non-hydrogen) atoms. The first-order valence-corrected chi connectivity index (χ1v) is 14.7. The van der Waals surface area contributed by atoms with Crippen LogP contribution in [0.3, 0.4) is 0 Å². The van der Waals surface area contributed by atoms with Gasteiger partial charge in [0.25, 0.3) is 0 Å². The topological polar surface area (TPSA) is 77.0 Å². The Morgan fingerprint density at radius 3 is 2.37 bits per heavy atom. The Kier molecular flexibility index (Phi) is 9.75. The second-order valence-corrected chi connectivity index (χ2v) is 11.1. The molecule has 1 heterocycles. The molecule has 5 rings (SSSR count). The van der Waals surface area contributed by atoms with Crippen LogP contribution in [0.2, 0.25) is 0 Å². The minimum absolute atomic E-state index is 0.00993. The number of hydrogen-bond donors (Lipinski definition) is 2. The molecule has 4 aromatic rings. The first kappa shape index (κ1) is 28.9. The number of carbonyl (C=O) groups excluding carboxylic acids is 1. The maximum atomic E-state index is 11.5. The molecule has 4 aromatic carbocycles. The number of ether oxygens (including phenoxy) is 3. The predicted molar refractivity (Wildman–Crippen MR) is 162 cm³/mol. The molecule has 0 radical (unpaired) electrons. The van der Waals surface area contributed by atoms with Crippen LogP contribution in [0.1, 0.15) is 48.0 Å². The summed E-state index contributed by atoms with van der Waals surface area (Å²) in [5, 5.41) is 12.4. The second-order valence-electron chi connectivity index (χ2n) is 10.0. The fourth-order valence-corrected chi connectivity index (χ4v) is 5.99. The molecular formula is C34H35NO5S. The number of thioether (sulfide) groups is 1. The number of aliphatic hydroxyl groups is 1. The summed E-state index contributed by atoms with van der Waals surface area (Å²) in [6, 6.07) is 32.3. The zero-order valence-corrected chi connectivity index (χ0v) is 24.1. The smallest absolute Gasteiger partial charge is 0.217 e. The van der Waals surface area contributed by atoms with Gasteiger partial charge in [-0.2, -0.15) is 0 Å². The van der Waals surface area contributed by atoms with Gasteiger partial charge in [-0.1, -0.05) is 84.9 Å². The van der Waals surface area contributed by atoms with E-state index in [1.54, 1.807) is 18.9 Å². The van der Waals surface area contributed by atoms with E-state index in [0.29, 0.717) is 13.0 Å².